The molecule has 0 atom stereocenters. The highest BCUT2D eigenvalue weighted by atomic mass is 35.5. The number of aromatic carboxylic acids is 1. The maximum Gasteiger partial charge on any atom is 0.338 e. The van der Waals surface area contributed by atoms with Crippen molar-refractivity contribution in [3.63, 3.8) is 0 Å². The smallest absolute Gasteiger partial charge is 0.338 e. The number of nitrogens with zero attached hydrogens (tertiary/aromatic N) is 2. The zero-order chi connectivity index (χ0) is 12.7. The van der Waals surface area contributed by atoms with E-state index in [1.807, 2.05) is 0 Å². The van der Waals surface area contributed by atoms with Gasteiger partial charge in [0.15, 0.2) is 22.5 Å². The number of aromatic nitrogens is 3. The van der Waals surface area contributed by atoms with Gasteiger partial charge in [-0.2, -0.15) is 0 Å². The van der Waals surface area contributed by atoms with Crippen LogP contribution in [0.4, 0.5) is 0 Å². The first-order valence-electron chi connectivity index (χ1n) is 4.99. The summed E-state index contributed by atoms with van der Waals surface area (Å²) in [5.74, 6) is -0.234. The lowest BCUT2D eigenvalue weighted by molar-refractivity contribution is 0.0698. The summed E-state index contributed by atoms with van der Waals surface area (Å²) in [6.07, 6.45) is 1.39. The number of hydrogen-bond donors (Lipinski definition) is 2. The topological polar surface area (TPSA) is 92.0 Å². The van der Waals surface area contributed by atoms with E-state index >= 15 is 0 Å². The molecule has 3 rings (SSSR count). The molecule has 0 unspecified atom stereocenters. The summed E-state index contributed by atoms with van der Waals surface area (Å²) < 4.78 is 5.20. The van der Waals surface area contributed by atoms with Crippen LogP contribution in [0.15, 0.2) is 28.8 Å². The van der Waals surface area contributed by atoms with Gasteiger partial charge < -0.3 is 14.5 Å². The van der Waals surface area contributed by atoms with Crippen LogP contribution in [0.5, 0.6) is 0 Å². The molecule has 18 heavy (non-hydrogen) atoms. The number of rotatable bonds is 2. The number of furan rings is 1. The molecule has 7 heteroatoms. The molecule has 3 aromatic rings. The second-order valence-corrected chi connectivity index (χ2v) is 3.92. The number of hydrogen-bond acceptors (Lipinski definition) is 4. The maximum atomic E-state index is 11.0. The third kappa shape index (κ3) is 1.63. The molecule has 2 N–H and O–H groups in total. The van der Waals surface area contributed by atoms with E-state index in [9.17, 15) is 4.79 Å². The van der Waals surface area contributed by atoms with E-state index in [-0.39, 0.29) is 10.8 Å². The molecule has 0 saturated heterocycles. The van der Waals surface area contributed by atoms with Crippen molar-refractivity contribution in [2.45, 2.75) is 0 Å². The highest BCUT2D eigenvalue weighted by Gasteiger charge is 2.15. The summed E-state index contributed by atoms with van der Waals surface area (Å²) in [5, 5.41) is 9.28. The molecule has 0 spiro atoms. The van der Waals surface area contributed by atoms with E-state index < -0.39 is 5.97 Å². The molecule has 0 fully saturated rings. The van der Waals surface area contributed by atoms with Crippen molar-refractivity contribution in [2.24, 2.45) is 0 Å². The number of H-pyrrole nitrogens is 1. The third-order valence-corrected chi connectivity index (χ3v) is 2.63. The van der Waals surface area contributed by atoms with Crippen LogP contribution in [-0.4, -0.2) is 26.0 Å². The molecule has 3 heterocycles. The van der Waals surface area contributed by atoms with Gasteiger partial charge in [0, 0.05) is 6.20 Å². The second kappa shape index (κ2) is 3.85. The van der Waals surface area contributed by atoms with Crippen LogP contribution in [0.25, 0.3) is 22.7 Å². The Bertz CT molecular complexity index is 747. The summed E-state index contributed by atoms with van der Waals surface area (Å²) in [7, 11) is 0. The Kier molecular flexibility index (Phi) is 2.31. The van der Waals surface area contributed by atoms with Crippen molar-refractivity contribution < 1.29 is 14.3 Å². The predicted octanol–water partition coefficient (Wildman–Crippen LogP) is 2.57. The molecular formula is C11H6ClN3O3. The van der Waals surface area contributed by atoms with E-state index in [1.54, 1.807) is 12.1 Å². The number of halogens is 1. The van der Waals surface area contributed by atoms with E-state index in [2.05, 4.69) is 15.0 Å². The summed E-state index contributed by atoms with van der Waals surface area (Å²) in [6.45, 7) is 0. The number of imidazole rings is 1. The van der Waals surface area contributed by atoms with Gasteiger partial charge in [0.1, 0.15) is 0 Å². The number of carboxylic acids is 1. The van der Waals surface area contributed by atoms with Crippen LogP contribution in [0.3, 0.4) is 0 Å². The maximum absolute atomic E-state index is 11.0. The number of fused-ring (bicyclic) bond motifs is 1. The first kappa shape index (κ1) is 10.8. The molecule has 0 amide bonds. The molecule has 6 nitrogen and oxygen atoms in total. The highest BCUT2D eigenvalue weighted by Crippen LogP contribution is 2.25. The minimum atomic E-state index is -1.05. The molecule has 0 aliphatic rings. The zero-order valence-corrected chi connectivity index (χ0v) is 9.60. The van der Waals surface area contributed by atoms with Crippen molar-refractivity contribution in [3.8, 4) is 11.6 Å². The Balaban J connectivity index is 2.22. The minimum Gasteiger partial charge on any atom is -0.478 e. The van der Waals surface area contributed by atoms with Gasteiger partial charge in [-0.1, -0.05) is 0 Å². The normalized spacial score (nSPS) is 10.9. The Morgan fingerprint density at radius 2 is 2.22 bits per heavy atom. The van der Waals surface area contributed by atoms with Crippen LogP contribution < -0.4 is 0 Å². The average molecular weight is 264 g/mol. The summed E-state index contributed by atoms with van der Waals surface area (Å²) in [5.41, 5.74) is 0.779. The van der Waals surface area contributed by atoms with Crippen LogP contribution >= 0.6 is 11.6 Å². The van der Waals surface area contributed by atoms with E-state index in [0.717, 1.165) is 0 Å². The zero-order valence-electron chi connectivity index (χ0n) is 8.85. The van der Waals surface area contributed by atoms with Crippen molar-refractivity contribution in [1.29, 1.82) is 0 Å². The van der Waals surface area contributed by atoms with Gasteiger partial charge in [0.05, 0.1) is 11.1 Å². The molecule has 0 radical (unpaired) electrons. The standard InChI is InChI=1S/C11H6ClN3O3/c12-7-2-1-6(18-7)9-14-8-5(11(16)17)3-4-13-10(8)15-9/h1-4H,(H,16,17)(H,13,14,15). The second-order valence-electron chi connectivity index (χ2n) is 3.55. The van der Waals surface area contributed by atoms with Crippen molar-refractivity contribution in [1.82, 2.24) is 15.0 Å². The minimum absolute atomic E-state index is 0.108. The van der Waals surface area contributed by atoms with Gasteiger partial charge in [-0.05, 0) is 29.8 Å². The number of carbonyl (C=O) groups is 1. The Morgan fingerprint density at radius 1 is 1.39 bits per heavy atom. The molecule has 0 bridgehead atoms. The number of pyridine rings is 1. The van der Waals surface area contributed by atoms with Crippen LogP contribution in [0, 0.1) is 0 Å². The van der Waals surface area contributed by atoms with E-state index in [4.69, 9.17) is 21.1 Å². The van der Waals surface area contributed by atoms with Crippen molar-refractivity contribution in [2.75, 3.05) is 0 Å². The fourth-order valence-electron chi connectivity index (χ4n) is 1.65. The monoisotopic (exact) mass is 263 g/mol. The molecule has 3 aromatic heterocycles. The molecule has 90 valence electrons. The molecule has 0 aliphatic heterocycles. The van der Waals surface area contributed by atoms with Gasteiger partial charge >= 0.3 is 5.97 Å². The largest absolute Gasteiger partial charge is 0.478 e. The summed E-state index contributed by atoms with van der Waals surface area (Å²) in [6, 6.07) is 4.62. The number of nitrogens with one attached hydrogen (secondary N) is 1. The van der Waals surface area contributed by atoms with E-state index in [0.29, 0.717) is 22.7 Å². The fourth-order valence-corrected chi connectivity index (χ4v) is 1.79. The van der Waals surface area contributed by atoms with Gasteiger partial charge in [0.25, 0.3) is 0 Å². The Hall–Kier alpha value is -2.34. The van der Waals surface area contributed by atoms with E-state index in [1.165, 1.54) is 12.3 Å². The third-order valence-electron chi connectivity index (χ3n) is 2.43. The highest BCUT2D eigenvalue weighted by molar-refractivity contribution is 6.28. The predicted molar refractivity (Wildman–Crippen MR) is 63.6 cm³/mol. The van der Waals surface area contributed by atoms with Gasteiger partial charge in [-0.15, -0.1) is 0 Å². The molecule has 0 aromatic carbocycles. The lowest BCUT2D eigenvalue weighted by atomic mass is 10.2. The first-order chi connectivity index (χ1) is 8.65. The number of carboxylic acid groups (broad SMARTS) is 1. The fraction of sp³-hybridized carbons (Fsp3) is 0. The van der Waals surface area contributed by atoms with Crippen LogP contribution in [0.2, 0.25) is 5.22 Å². The van der Waals surface area contributed by atoms with Gasteiger partial charge in [0.2, 0.25) is 0 Å². The number of aromatic amines is 1. The first-order valence-corrected chi connectivity index (χ1v) is 5.36. The van der Waals surface area contributed by atoms with Gasteiger partial charge in [-0.25, -0.2) is 14.8 Å². The molecule has 0 aliphatic carbocycles. The quantitative estimate of drug-likeness (QED) is 0.741. The lowest BCUT2D eigenvalue weighted by Crippen LogP contribution is -1.97. The molecular weight excluding hydrogens is 258 g/mol. The summed E-state index contributed by atoms with van der Waals surface area (Å²) in [4.78, 5) is 22.1. The van der Waals surface area contributed by atoms with Crippen LogP contribution in [0.1, 0.15) is 10.4 Å². The molecule has 0 saturated carbocycles. The van der Waals surface area contributed by atoms with Crippen molar-refractivity contribution in [3.05, 3.63) is 35.2 Å². The SMILES string of the molecule is O=C(O)c1ccnc2nc(-c3ccc(Cl)o3)[nH]c12. The lowest BCUT2D eigenvalue weighted by Gasteiger charge is -1.93. The summed E-state index contributed by atoms with van der Waals surface area (Å²) >= 11 is 5.67. The Morgan fingerprint density at radius 3 is 2.89 bits per heavy atom. The van der Waals surface area contributed by atoms with Crippen LogP contribution in [-0.2, 0) is 0 Å². The van der Waals surface area contributed by atoms with Gasteiger partial charge in [-0.3, -0.25) is 0 Å². The Labute approximate surface area is 105 Å². The average Bonchev–Trinajstić information content (AvgIpc) is 2.93. The van der Waals surface area contributed by atoms with Crippen molar-refractivity contribution >= 4 is 28.7 Å².